The van der Waals surface area contributed by atoms with E-state index >= 15 is 0 Å². The fourth-order valence-corrected chi connectivity index (χ4v) is 4.05. The molecule has 1 aliphatic carbocycles. The van der Waals surface area contributed by atoms with Gasteiger partial charge in [0.25, 0.3) is 5.91 Å². The maximum absolute atomic E-state index is 12.6. The topological polar surface area (TPSA) is 57.8 Å². The van der Waals surface area contributed by atoms with E-state index in [0.717, 1.165) is 30.5 Å². The Labute approximate surface area is 160 Å². The molecule has 2 aromatic carbocycles. The minimum atomic E-state index is -0.0727. The van der Waals surface area contributed by atoms with Crippen molar-refractivity contribution in [3.63, 3.8) is 0 Å². The molecular weight excluding hydrogens is 334 g/mol. The molecule has 138 valence electrons. The Morgan fingerprint density at radius 2 is 1.63 bits per heavy atom. The first-order valence-corrected chi connectivity index (χ1v) is 9.73. The van der Waals surface area contributed by atoms with Gasteiger partial charge < -0.3 is 5.32 Å². The van der Waals surface area contributed by atoms with Gasteiger partial charge in [0.2, 0.25) is 0 Å². The highest BCUT2D eigenvalue weighted by Gasteiger charge is 2.23. The third kappa shape index (κ3) is 4.11. The first-order valence-electron chi connectivity index (χ1n) is 9.73. The van der Waals surface area contributed by atoms with Crippen LogP contribution in [0.25, 0.3) is 11.1 Å². The number of amides is 1. The molecule has 0 saturated heterocycles. The average molecular weight is 359 g/mol. The molecule has 1 aromatic heterocycles. The number of nitrogens with one attached hydrogen (secondary N) is 2. The number of rotatable bonds is 5. The molecular formula is C23H25N3O. The van der Waals surface area contributed by atoms with Crippen molar-refractivity contribution in [1.29, 1.82) is 0 Å². The van der Waals surface area contributed by atoms with E-state index in [1.807, 2.05) is 30.3 Å². The predicted octanol–water partition coefficient (Wildman–Crippen LogP) is 4.78. The summed E-state index contributed by atoms with van der Waals surface area (Å²) in [6.07, 6.45) is 6.44. The monoisotopic (exact) mass is 359 g/mol. The molecule has 1 aliphatic rings. The average Bonchev–Trinajstić information content (AvgIpc) is 3.24. The third-order valence-corrected chi connectivity index (χ3v) is 5.62. The van der Waals surface area contributed by atoms with E-state index in [1.54, 1.807) is 6.20 Å². The molecule has 0 radical (unpaired) electrons. The van der Waals surface area contributed by atoms with Gasteiger partial charge in [-0.1, -0.05) is 60.7 Å². The van der Waals surface area contributed by atoms with Crippen LogP contribution in [0.4, 0.5) is 0 Å². The second-order valence-electron chi connectivity index (χ2n) is 7.36. The van der Waals surface area contributed by atoms with Crippen LogP contribution >= 0.6 is 0 Å². The normalized spacial score (nSPS) is 19.6. The smallest absolute Gasteiger partial charge is 0.269 e. The summed E-state index contributed by atoms with van der Waals surface area (Å²) >= 11 is 0. The zero-order chi connectivity index (χ0) is 18.5. The van der Waals surface area contributed by atoms with Gasteiger partial charge >= 0.3 is 0 Å². The summed E-state index contributed by atoms with van der Waals surface area (Å²) in [6.45, 7) is 0.730. The fourth-order valence-electron chi connectivity index (χ4n) is 4.05. The summed E-state index contributed by atoms with van der Waals surface area (Å²) in [4.78, 5) is 12.6. The lowest BCUT2D eigenvalue weighted by molar-refractivity contribution is 0.0938. The molecule has 1 saturated carbocycles. The number of hydrogen-bond acceptors (Lipinski definition) is 2. The van der Waals surface area contributed by atoms with E-state index in [2.05, 4.69) is 45.8 Å². The molecule has 0 spiro atoms. The van der Waals surface area contributed by atoms with Gasteiger partial charge in [-0.05, 0) is 48.6 Å². The Bertz CT molecular complexity index is 865. The van der Waals surface area contributed by atoms with Crippen LogP contribution < -0.4 is 5.32 Å². The summed E-state index contributed by atoms with van der Waals surface area (Å²) < 4.78 is 0. The van der Waals surface area contributed by atoms with Crippen molar-refractivity contribution < 1.29 is 4.79 Å². The Morgan fingerprint density at radius 1 is 0.963 bits per heavy atom. The van der Waals surface area contributed by atoms with Gasteiger partial charge in [-0.3, -0.25) is 9.89 Å². The molecule has 1 amide bonds. The number of nitrogens with zero attached hydrogens (tertiary/aromatic N) is 1. The largest absolute Gasteiger partial charge is 0.350 e. The SMILES string of the molecule is O=C(NCC1CCC(c2ccccc2)CC1)c1[nH]ncc1-c1ccccc1. The number of H-pyrrole nitrogens is 1. The van der Waals surface area contributed by atoms with Crippen LogP contribution in [0.5, 0.6) is 0 Å². The highest BCUT2D eigenvalue weighted by Crippen LogP contribution is 2.35. The minimum Gasteiger partial charge on any atom is -0.350 e. The summed E-state index contributed by atoms with van der Waals surface area (Å²) in [7, 11) is 0. The first kappa shape index (κ1) is 17.5. The number of aromatic amines is 1. The fraction of sp³-hybridized carbons (Fsp3) is 0.304. The van der Waals surface area contributed by atoms with Crippen LogP contribution in [0, 0.1) is 5.92 Å². The lowest BCUT2D eigenvalue weighted by atomic mass is 9.79. The van der Waals surface area contributed by atoms with E-state index in [9.17, 15) is 4.79 Å². The van der Waals surface area contributed by atoms with Crippen molar-refractivity contribution >= 4 is 5.91 Å². The van der Waals surface area contributed by atoms with Gasteiger partial charge in [0.15, 0.2) is 0 Å². The molecule has 0 aliphatic heterocycles. The van der Waals surface area contributed by atoms with Crippen LogP contribution in [0.3, 0.4) is 0 Å². The number of aromatic nitrogens is 2. The Hall–Kier alpha value is -2.88. The van der Waals surface area contributed by atoms with Crippen LogP contribution in [-0.2, 0) is 0 Å². The lowest BCUT2D eigenvalue weighted by Crippen LogP contribution is -2.31. The number of benzene rings is 2. The van der Waals surface area contributed by atoms with E-state index in [1.165, 1.54) is 18.4 Å². The zero-order valence-corrected chi connectivity index (χ0v) is 15.4. The Balaban J connectivity index is 1.32. The zero-order valence-electron chi connectivity index (χ0n) is 15.4. The molecule has 3 aromatic rings. The maximum Gasteiger partial charge on any atom is 0.269 e. The van der Waals surface area contributed by atoms with Gasteiger partial charge in [-0.2, -0.15) is 5.10 Å². The van der Waals surface area contributed by atoms with Crippen LogP contribution in [0.1, 0.15) is 47.7 Å². The van der Waals surface area contributed by atoms with Gasteiger partial charge in [-0.15, -0.1) is 0 Å². The molecule has 4 rings (SSSR count). The van der Waals surface area contributed by atoms with Crippen molar-refractivity contribution in [3.8, 4) is 11.1 Å². The molecule has 1 heterocycles. The van der Waals surface area contributed by atoms with Gasteiger partial charge in [0.1, 0.15) is 5.69 Å². The number of carbonyl (C=O) groups is 1. The van der Waals surface area contributed by atoms with E-state index < -0.39 is 0 Å². The molecule has 0 bridgehead atoms. The molecule has 1 fully saturated rings. The highest BCUT2D eigenvalue weighted by molar-refractivity contribution is 5.98. The van der Waals surface area contributed by atoms with Crippen molar-refractivity contribution in [2.75, 3.05) is 6.54 Å². The second-order valence-corrected chi connectivity index (χ2v) is 7.36. The van der Waals surface area contributed by atoms with Crippen LogP contribution in [0.2, 0.25) is 0 Å². The summed E-state index contributed by atoms with van der Waals surface area (Å²) in [5.41, 5.74) is 3.84. The van der Waals surface area contributed by atoms with Crippen LogP contribution in [0.15, 0.2) is 66.9 Å². The molecule has 27 heavy (non-hydrogen) atoms. The third-order valence-electron chi connectivity index (χ3n) is 5.62. The van der Waals surface area contributed by atoms with E-state index in [-0.39, 0.29) is 5.91 Å². The van der Waals surface area contributed by atoms with Crippen LogP contribution in [-0.4, -0.2) is 22.6 Å². The summed E-state index contributed by atoms with van der Waals surface area (Å²) in [5, 5.41) is 10.0. The van der Waals surface area contributed by atoms with Gasteiger partial charge in [-0.25, -0.2) is 0 Å². The number of hydrogen-bond donors (Lipinski definition) is 2. The van der Waals surface area contributed by atoms with Crippen molar-refractivity contribution in [2.45, 2.75) is 31.6 Å². The molecule has 0 atom stereocenters. The Morgan fingerprint density at radius 3 is 2.33 bits per heavy atom. The van der Waals surface area contributed by atoms with Gasteiger partial charge in [0.05, 0.1) is 6.20 Å². The highest BCUT2D eigenvalue weighted by atomic mass is 16.1. The first-order chi connectivity index (χ1) is 13.3. The summed E-state index contributed by atoms with van der Waals surface area (Å²) in [6, 6.07) is 20.7. The second kappa shape index (κ2) is 8.21. The van der Waals surface area contributed by atoms with E-state index in [0.29, 0.717) is 17.5 Å². The molecule has 4 heteroatoms. The van der Waals surface area contributed by atoms with E-state index in [4.69, 9.17) is 0 Å². The van der Waals surface area contributed by atoms with Crippen molar-refractivity contribution in [1.82, 2.24) is 15.5 Å². The van der Waals surface area contributed by atoms with Gasteiger partial charge in [0, 0.05) is 12.1 Å². The summed E-state index contributed by atoms with van der Waals surface area (Å²) in [5.74, 6) is 1.14. The minimum absolute atomic E-state index is 0.0727. The molecule has 4 nitrogen and oxygen atoms in total. The molecule has 0 unspecified atom stereocenters. The van der Waals surface area contributed by atoms with Crippen molar-refractivity contribution in [2.24, 2.45) is 5.92 Å². The maximum atomic E-state index is 12.6. The molecule has 2 N–H and O–H groups in total. The lowest BCUT2D eigenvalue weighted by Gasteiger charge is -2.28. The quantitative estimate of drug-likeness (QED) is 0.689. The van der Waals surface area contributed by atoms with Crippen molar-refractivity contribution in [3.05, 3.63) is 78.1 Å². The predicted molar refractivity (Wildman–Crippen MR) is 107 cm³/mol. The standard InChI is InChI=1S/C23H25N3O/c27-23(22-21(16-25-26-22)20-9-5-2-6-10-20)24-15-17-11-13-19(14-12-17)18-7-3-1-4-8-18/h1-10,16-17,19H,11-15H2,(H,24,27)(H,25,26). The Kier molecular flexibility index (Phi) is 5.33. The number of carbonyl (C=O) groups excluding carboxylic acids is 1.